The molecule has 2 fully saturated rings. The van der Waals surface area contributed by atoms with Crippen LogP contribution in [0.2, 0.25) is 15.1 Å². The summed E-state index contributed by atoms with van der Waals surface area (Å²) in [6.45, 7) is 1.82. The zero-order valence-electron chi connectivity index (χ0n) is 19.9. The standard InChI is InChI=1S/C24H27Cl3N4O4S/c1-28(23(32)17-4-3-5-18(25)12-17)22-15-30(14-19(22)16-6-7-20(26)21(27)13-16)24(33)29-8-10-31(11-9-29)36(2,34)35/h3-7,12-13,19,22H,8-11,14-15H2,1-2H3/t19?,22-/m1/s1. The lowest BCUT2D eigenvalue weighted by Gasteiger charge is -2.35. The Balaban J connectivity index is 1.57. The molecule has 2 aliphatic rings. The van der Waals surface area contributed by atoms with E-state index < -0.39 is 10.0 Å². The van der Waals surface area contributed by atoms with Gasteiger partial charge in [-0.2, -0.15) is 4.31 Å². The molecule has 0 N–H and O–H groups in total. The van der Waals surface area contributed by atoms with Crippen molar-refractivity contribution < 1.29 is 18.0 Å². The Morgan fingerprint density at radius 3 is 2.22 bits per heavy atom. The number of benzene rings is 2. The molecule has 2 aromatic carbocycles. The minimum atomic E-state index is -3.30. The van der Waals surface area contributed by atoms with E-state index in [4.69, 9.17) is 34.8 Å². The van der Waals surface area contributed by atoms with Crippen LogP contribution in [-0.4, -0.2) is 98.0 Å². The highest BCUT2D eigenvalue weighted by molar-refractivity contribution is 7.88. The summed E-state index contributed by atoms with van der Waals surface area (Å²) in [4.78, 5) is 31.8. The summed E-state index contributed by atoms with van der Waals surface area (Å²) in [5, 5.41) is 1.29. The third-order valence-corrected chi connectivity index (χ3v) is 9.08. The Morgan fingerprint density at radius 2 is 1.61 bits per heavy atom. The van der Waals surface area contributed by atoms with Crippen molar-refractivity contribution in [1.82, 2.24) is 19.0 Å². The number of hydrogen-bond acceptors (Lipinski definition) is 4. The number of piperazine rings is 1. The number of likely N-dealkylation sites (N-methyl/N-ethyl adjacent to an activating group) is 1. The molecule has 3 amide bonds. The highest BCUT2D eigenvalue weighted by Gasteiger charge is 2.42. The van der Waals surface area contributed by atoms with Crippen molar-refractivity contribution in [3.8, 4) is 0 Å². The number of halogens is 3. The van der Waals surface area contributed by atoms with Crippen LogP contribution in [0.15, 0.2) is 42.5 Å². The first-order valence-electron chi connectivity index (χ1n) is 11.4. The Hall–Kier alpha value is -2.04. The van der Waals surface area contributed by atoms with Gasteiger partial charge in [0, 0.05) is 62.8 Å². The monoisotopic (exact) mass is 572 g/mol. The minimum Gasteiger partial charge on any atom is -0.336 e. The highest BCUT2D eigenvalue weighted by atomic mass is 35.5. The van der Waals surface area contributed by atoms with Gasteiger partial charge in [0.05, 0.1) is 22.3 Å². The van der Waals surface area contributed by atoms with Crippen molar-refractivity contribution in [2.75, 3.05) is 52.6 Å². The molecular formula is C24H27Cl3N4O4S. The van der Waals surface area contributed by atoms with Gasteiger partial charge >= 0.3 is 6.03 Å². The van der Waals surface area contributed by atoms with E-state index in [1.165, 1.54) is 10.6 Å². The van der Waals surface area contributed by atoms with Crippen molar-refractivity contribution >= 4 is 56.8 Å². The van der Waals surface area contributed by atoms with Crippen molar-refractivity contribution in [1.29, 1.82) is 0 Å². The summed E-state index contributed by atoms with van der Waals surface area (Å²) >= 11 is 18.5. The predicted octanol–water partition coefficient (Wildman–Crippen LogP) is 3.88. The van der Waals surface area contributed by atoms with Crippen LogP contribution >= 0.6 is 34.8 Å². The van der Waals surface area contributed by atoms with Gasteiger partial charge in [-0.1, -0.05) is 46.9 Å². The van der Waals surface area contributed by atoms with Crippen LogP contribution in [0.25, 0.3) is 0 Å². The first-order valence-corrected chi connectivity index (χ1v) is 14.4. The lowest BCUT2D eigenvalue weighted by molar-refractivity contribution is 0.0723. The van der Waals surface area contributed by atoms with Crippen LogP contribution in [-0.2, 0) is 10.0 Å². The molecule has 0 aromatic heterocycles. The van der Waals surface area contributed by atoms with Crippen LogP contribution in [0, 0.1) is 0 Å². The molecule has 2 heterocycles. The fourth-order valence-electron chi connectivity index (χ4n) is 4.79. The topological polar surface area (TPSA) is 81.2 Å². The number of amides is 3. The van der Waals surface area contributed by atoms with E-state index in [9.17, 15) is 18.0 Å². The third-order valence-electron chi connectivity index (χ3n) is 6.80. The molecule has 2 aliphatic heterocycles. The van der Waals surface area contributed by atoms with Gasteiger partial charge in [-0.15, -0.1) is 0 Å². The maximum atomic E-state index is 13.4. The van der Waals surface area contributed by atoms with Crippen molar-refractivity contribution in [3.63, 3.8) is 0 Å². The molecule has 0 aliphatic carbocycles. The van der Waals surface area contributed by atoms with Gasteiger partial charge in [0.15, 0.2) is 0 Å². The average molecular weight is 574 g/mol. The van der Waals surface area contributed by atoms with Crippen molar-refractivity contribution in [3.05, 3.63) is 68.7 Å². The lowest BCUT2D eigenvalue weighted by atomic mass is 9.93. The molecule has 2 saturated heterocycles. The molecule has 0 saturated carbocycles. The van der Waals surface area contributed by atoms with E-state index in [0.717, 1.165) is 5.56 Å². The number of rotatable bonds is 4. The zero-order chi connectivity index (χ0) is 26.2. The number of carbonyl (C=O) groups is 2. The number of urea groups is 1. The quantitative estimate of drug-likeness (QED) is 0.556. The summed E-state index contributed by atoms with van der Waals surface area (Å²) in [5.41, 5.74) is 1.33. The Bertz CT molecular complexity index is 1270. The number of carbonyl (C=O) groups excluding carboxylic acids is 2. The van der Waals surface area contributed by atoms with E-state index >= 15 is 0 Å². The SMILES string of the molecule is CN(C(=O)c1cccc(Cl)c1)[C@@H]1CN(C(=O)N2CCN(S(C)(=O)=O)CC2)CC1c1ccc(Cl)c(Cl)c1. The predicted molar refractivity (Wildman–Crippen MR) is 141 cm³/mol. The fourth-order valence-corrected chi connectivity index (χ4v) is 6.12. The van der Waals surface area contributed by atoms with Gasteiger partial charge in [0.1, 0.15) is 0 Å². The van der Waals surface area contributed by atoms with Crippen molar-refractivity contribution in [2.45, 2.75) is 12.0 Å². The highest BCUT2D eigenvalue weighted by Crippen LogP contribution is 2.35. The largest absolute Gasteiger partial charge is 0.336 e. The normalized spacial score (nSPS) is 21.0. The van der Waals surface area contributed by atoms with Gasteiger partial charge in [-0.3, -0.25) is 4.79 Å². The van der Waals surface area contributed by atoms with Gasteiger partial charge in [0.25, 0.3) is 5.91 Å². The second-order valence-electron chi connectivity index (χ2n) is 9.11. The number of hydrogen-bond donors (Lipinski definition) is 0. The molecular weight excluding hydrogens is 547 g/mol. The Morgan fingerprint density at radius 1 is 0.917 bits per heavy atom. The Kier molecular flexibility index (Phi) is 8.07. The van der Waals surface area contributed by atoms with E-state index in [2.05, 4.69) is 0 Å². The van der Waals surface area contributed by atoms with Crippen LogP contribution in [0.5, 0.6) is 0 Å². The minimum absolute atomic E-state index is 0.181. The summed E-state index contributed by atoms with van der Waals surface area (Å²) in [6, 6.07) is 11.6. The second-order valence-corrected chi connectivity index (χ2v) is 12.3. The third kappa shape index (κ3) is 5.75. The van der Waals surface area contributed by atoms with Crippen LogP contribution < -0.4 is 0 Å². The molecule has 0 bridgehead atoms. The molecule has 0 radical (unpaired) electrons. The van der Waals surface area contributed by atoms with Crippen LogP contribution in [0.4, 0.5) is 4.79 Å². The van der Waals surface area contributed by atoms with Gasteiger partial charge in [0.2, 0.25) is 10.0 Å². The van der Waals surface area contributed by atoms with Crippen LogP contribution in [0.1, 0.15) is 21.8 Å². The van der Waals surface area contributed by atoms with E-state index in [1.54, 1.807) is 58.1 Å². The van der Waals surface area contributed by atoms with E-state index in [0.29, 0.717) is 46.8 Å². The number of likely N-dealkylation sites (tertiary alicyclic amines) is 1. The van der Waals surface area contributed by atoms with Crippen LogP contribution in [0.3, 0.4) is 0 Å². The molecule has 194 valence electrons. The molecule has 2 aromatic rings. The molecule has 12 heteroatoms. The first kappa shape index (κ1) is 27.0. The summed E-state index contributed by atoms with van der Waals surface area (Å²) in [7, 11) is -1.58. The summed E-state index contributed by atoms with van der Waals surface area (Å²) in [5.74, 6) is -0.405. The molecule has 0 spiro atoms. The Labute approximate surface area is 226 Å². The van der Waals surface area contributed by atoms with Gasteiger partial charge in [-0.25, -0.2) is 13.2 Å². The molecule has 36 heavy (non-hydrogen) atoms. The second kappa shape index (κ2) is 10.8. The molecule has 4 rings (SSSR count). The maximum absolute atomic E-state index is 13.4. The van der Waals surface area contributed by atoms with Gasteiger partial charge < -0.3 is 14.7 Å². The number of nitrogens with zero attached hydrogens (tertiary/aromatic N) is 4. The smallest absolute Gasteiger partial charge is 0.320 e. The maximum Gasteiger partial charge on any atom is 0.320 e. The molecule has 1 unspecified atom stereocenters. The molecule has 2 atom stereocenters. The summed E-state index contributed by atoms with van der Waals surface area (Å²) < 4.78 is 25.0. The zero-order valence-corrected chi connectivity index (χ0v) is 23.0. The average Bonchev–Trinajstić information content (AvgIpc) is 3.29. The number of sulfonamides is 1. The van der Waals surface area contributed by atoms with E-state index in [-0.39, 0.29) is 37.0 Å². The van der Waals surface area contributed by atoms with E-state index in [1.807, 2.05) is 6.07 Å². The lowest BCUT2D eigenvalue weighted by Crippen LogP contribution is -2.53. The van der Waals surface area contributed by atoms with Gasteiger partial charge in [-0.05, 0) is 35.9 Å². The summed E-state index contributed by atoms with van der Waals surface area (Å²) in [6.07, 6.45) is 1.17. The van der Waals surface area contributed by atoms with Crippen molar-refractivity contribution in [2.24, 2.45) is 0 Å². The molecule has 8 nitrogen and oxygen atoms in total. The fraction of sp³-hybridized carbons (Fsp3) is 0.417. The first-order chi connectivity index (χ1) is 17.0.